The highest BCUT2D eigenvalue weighted by molar-refractivity contribution is 7.91. The molecule has 1 atom stereocenters. The molecule has 1 aromatic carbocycles. The molecule has 11 heteroatoms. The Morgan fingerprint density at radius 1 is 1.42 bits per heavy atom. The number of hydrogen-bond acceptors (Lipinski definition) is 7. The van der Waals surface area contributed by atoms with Crippen molar-refractivity contribution >= 4 is 39.0 Å². The van der Waals surface area contributed by atoms with Gasteiger partial charge in [0.15, 0.2) is 16.4 Å². The van der Waals surface area contributed by atoms with Crippen molar-refractivity contribution in [2.45, 2.75) is 19.4 Å². The van der Waals surface area contributed by atoms with Gasteiger partial charge in [-0.1, -0.05) is 11.6 Å². The van der Waals surface area contributed by atoms with Gasteiger partial charge in [-0.05, 0) is 25.5 Å². The lowest BCUT2D eigenvalue weighted by atomic mass is 10.2. The second kappa shape index (κ2) is 8.00. The topological polar surface area (TPSA) is 124 Å². The highest BCUT2D eigenvalue weighted by Crippen LogP contribution is 2.24. The van der Waals surface area contributed by atoms with Crippen LogP contribution in [-0.2, 0) is 19.4 Å². The van der Waals surface area contributed by atoms with E-state index in [1.165, 1.54) is 11.0 Å². The van der Waals surface area contributed by atoms with Crippen LogP contribution in [0.3, 0.4) is 0 Å². The molecular formula is C15H17ClN2O7S. The number of benzene rings is 1. The average molecular weight is 405 g/mol. The van der Waals surface area contributed by atoms with Gasteiger partial charge in [0.25, 0.3) is 11.6 Å². The van der Waals surface area contributed by atoms with Crippen molar-refractivity contribution in [2.75, 3.05) is 24.7 Å². The van der Waals surface area contributed by atoms with E-state index in [2.05, 4.69) is 0 Å². The summed E-state index contributed by atoms with van der Waals surface area (Å²) in [6.45, 7) is 1.31. The largest absolute Gasteiger partial charge is 0.452 e. The van der Waals surface area contributed by atoms with E-state index in [-0.39, 0.29) is 28.6 Å². The van der Waals surface area contributed by atoms with Crippen LogP contribution in [0.4, 0.5) is 5.69 Å². The first-order chi connectivity index (χ1) is 12.1. The van der Waals surface area contributed by atoms with Crippen molar-refractivity contribution in [3.8, 4) is 0 Å². The number of carbonyl (C=O) groups is 2. The first-order valence-electron chi connectivity index (χ1n) is 7.75. The molecule has 0 aliphatic carbocycles. The third-order valence-electron chi connectivity index (χ3n) is 4.01. The molecule has 9 nitrogen and oxygen atoms in total. The number of nitrogens with zero attached hydrogens (tertiary/aromatic N) is 2. The monoisotopic (exact) mass is 404 g/mol. The number of carbonyl (C=O) groups excluding carboxylic acids is 2. The Morgan fingerprint density at radius 3 is 2.65 bits per heavy atom. The van der Waals surface area contributed by atoms with Crippen LogP contribution in [0.25, 0.3) is 0 Å². The summed E-state index contributed by atoms with van der Waals surface area (Å²) < 4.78 is 28.0. The lowest BCUT2D eigenvalue weighted by molar-refractivity contribution is -0.385. The fraction of sp³-hybridized carbons (Fsp3) is 0.467. The van der Waals surface area contributed by atoms with Crippen molar-refractivity contribution in [2.24, 2.45) is 0 Å². The molecule has 0 unspecified atom stereocenters. The number of rotatable bonds is 6. The molecule has 0 radical (unpaired) electrons. The SMILES string of the molecule is CCN(C(=O)COC(=O)c1ccc(Cl)cc1[N+](=O)[O-])[C@H]1CCS(=O)(=O)C1. The number of nitro groups is 1. The number of ether oxygens (including phenoxy) is 1. The maximum atomic E-state index is 12.3. The molecule has 0 saturated carbocycles. The second-order valence-corrected chi connectivity index (χ2v) is 8.40. The van der Waals surface area contributed by atoms with Gasteiger partial charge in [-0.3, -0.25) is 14.9 Å². The Kier molecular flexibility index (Phi) is 6.19. The van der Waals surface area contributed by atoms with E-state index in [0.29, 0.717) is 6.42 Å². The Balaban J connectivity index is 2.05. The molecule has 26 heavy (non-hydrogen) atoms. The fourth-order valence-electron chi connectivity index (χ4n) is 2.78. The summed E-state index contributed by atoms with van der Waals surface area (Å²) in [4.78, 5) is 35.9. The number of amides is 1. The molecule has 0 N–H and O–H groups in total. The maximum absolute atomic E-state index is 12.3. The van der Waals surface area contributed by atoms with E-state index in [9.17, 15) is 28.1 Å². The first kappa shape index (κ1) is 20.1. The predicted molar refractivity (Wildman–Crippen MR) is 92.8 cm³/mol. The minimum Gasteiger partial charge on any atom is -0.452 e. The van der Waals surface area contributed by atoms with Crippen LogP contribution in [0.5, 0.6) is 0 Å². The van der Waals surface area contributed by atoms with Gasteiger partial charge in [0.05, 0.1) is 16.4 Å². The standard InChI is InChI=1S/C15H17ClN2O7S/c1-2-17(11-5-6-26(23,24)9-11)14(19)8-25-15(20)12-4-3-10(16)7-13(12)18(21)22/h3-4,7,11H,2,5-6,8-9H2,1H3/t11-/m0/s1. The van der Waals surface area contributed by atoms with Gasteiger partial charge < -0.3 is 9.64 Å². The number of sulfone groups is 1. The molecule has 1 heterocycles. The zero-order valence-corrected chi connectivity index (χ0v) is 15.5. The zero-order valence-electron chi connectivity index (χ0n) is 13.9. The molecule has 0 aromatic heterocycles. The summed E-state index contributed by atoms with van der Waals surface area (Å²) >= 11 is 5.68. The lowest BCUT2D eigenvalue weighted by Crippen LogP contribution is -2.43. The first-order valence-corrected chi connectivity index (χ1v) is 9.95. The summed E-state index contributed by atoms with van der Waals surface area (Å²) in [5.41, 5.74) is -0.845. The van der Waals surface area contributed by atoms with E-state index < -0.39 is 45.0 Å². The van der Waals surface area contributed by atoms with Gasteiger partial charge >= 0.3 is 5.97 Å². The summed E-state index contributed by atoms with van der Waals surface area (Å²) in [6.07, 6.45) is 0.332. The van der Waals surface area contributed by atoms with Crippen LogP contribution in [0.2, 0.25) is 5.02 Å². The van der Waals surface area contributed by atoms with Crippen molar-refractivity contribution < 1.29 is 27.7 Å². The van der Waals surface area contributed by atoms with Gasteiger partial charge in [-0.2, -0.15) is 0 Å². The molecule has 2 rings (SSSR count). The molecule has 142 valence electrons. The Hall–Kier alpha value is -2.20. The van der Waals surface area contributed by atoms with Gasteiger partial charge in [-0.15, -0.1) is 0 Å². The minimum absolute atomic E-state index is 0.0121. The number of hydrogen-bond donors (Lipinski definition) is 0. The second-order valence-electron chi connectivity index (χ2n) is 5.73. The van der Waals surface area contributed by atoms with E-state index in [1.54, 1.807) is 6.92 Å². The van der Waals surface area contributed by atoms with Crippen molar-refractivity contribution in [3.63, 3.8) is 0 Å². The molecule has 1 aliphatic rings. The highest BCUT2D eigenvalue weighted by atomic mass is 35.5. The smallest absolute Gasteiger partial charge is 0.345 e. The predicted octanol–water partition coefficient (Wildman–Crippen LogP) is 1.44. The van der Waals surface area contributed by atoms with Gasteiger partial charge in [-0.25, -0.2) is 13.2 Å². The molecule has 0 spiro atoms. The van der Waals surface area contributed by atoms with Crippen LogP contribution in [0.15, 0.2) is 18.2 Å². The molecule has 1 amide bonds. The third kappa shape index (κ3) is 4.70. The molecule has 0 bridgehead atoms. The summed E-state index contributed by atoms with van der Waals surface area (Å²) in [5, 5.41) is 11.1. The number of likely N-dealkylation sites (N-methyl/N-ethyl adjacent to an activating group) is 1. The third-order valence-corrected chi connectivity index (χ3v) is 6.00. The molecule has 1 saturated heterocycles. The van der Waals surface area contributed by atoms with E-state index in [4.69, 9.17) is 16.3 Å². The van der Waals surface area contributed by atoms with Crippen molar-refractivity contribution in [1.29, 1.82) is 0 Å². The van der Waals surface area contributed by atoms with Crippen LogP contribution in [-0.4, -0.2) is 60.8 Å². The average Bonchev–Trinajstić information content (AvgIpc) is 2.92. The van der Waals surface area contributed by atoms with Crippen LogP contribution in [0.1, 0.15) is 23.7 Å². The summed E-state index contributed by atoms with van der Waals surface area (Å²) in [5.74, 6) is -1.70. The van der Waals surface area contributed by atoms with Crippen molar-refractivity contribution in [3.05, 3.63) is 38.9 Å². The number of halogens is 1. The quantitative estimate of drug-likeness (QED) is 0.399. The summed E-state index contributed by atoms with van der Waals surface area (Å²) in [6, 6.07) is 3.01. The maximum Gasteiger partial charge on any atom is 0.345 e. The molecule has 1 fully saturated rings. The normalized spacial score (nSPS) is 18.3. The Labute approximate surface area is 154 Å². The summed E-state index contributed by atoms with van der Waals surface area (Å²) in [7, 11) is -3.17. The lowest BCUT2D eigenvalue weighted by Gasteiger charge is -2.26. The van der Waals surface area contributed by atoms with Crippen LogP contribution >= 0.6 is 11.6 Å². The Bertz CT molecular complexity index is 840. The van der Waals surface area contributed by atoms with Gasteiger partial charge in [0, 0.05) is 23.7 Å². The van der Waals surface area contributed by atoms with Crippen LogP contribution < -0.4 is 0 Å². The molecule has 1 aromatic rings. The van der Waals surface area contributed by atoms with Gasteiger partial charge in [0.2, 0.25) is 0 Å². The zero-order chi connectivity index (χ0) is 19.5. The Morgan fingerprint density at radius 2 is 2.12 bits per heavy atom. The molecule has 1 aliphatic heterocycles. The van der Waals surface area contributed by atoms with E-state index in [0.717, 1.165) is 12.1 Å². The number of nitro benzene ring substituents is 1. The molecular weight excluding hydrogens is 388 g/mol. The van der Waals surface area contributed by atoms with E-state index in [1.807, 2.05) is 0 Å². The highest BCUT2D eigenvalue weighted by Gasteiger charge is 2.34. The van der Waals surface area contributed by atoms with Gasteiger partial charge in [0.1, 0.15) is 5.56 Å². The van der Waals surface area contributed by atoms with E-state index >= 15 is 0 Å². The van der Waals surface area contributed by atoms with Crippen LogP contribution in [0, 0.1) is 10.1 Å². The fourth-order valence-corrected chi connectivity index (χ4v) is 4.67. The number of esters is 1. The van der Waals surface area contributed by atoms with Crippen molar-refractivity contribution in [1.82, 2.24) is 4.90 Å². The minimum atomic E-state index is -3.17.